The van der Waals surface area contributed by atoms with E-state index in [0.29, 0.717) is 22.1 Å². The van der Waals surface area contributed by atoms with E-state index in [1.165, 1.54) is 36.4 Å². The molecule has 1 heterocycles. The molecule has 2 aliphatic rings. The first-order chi connectivity index (χ1) is 13.8. The molecule has 4 rings (SSSR count). The Morgan fingerprint density at radius 1 is 0.966 bits per heavy atom. The van der Waals surface area contributed by atoms with Gasteiger partial charge in [0, 0.05) is 34.3 Å². The highest BCUT2D eigenvalue weighted by molar-refractivity contribution is 6.08. The normalized spacial score (nSPS) is 10.9. The summed E-state index contributed by atoms with van der Waals surface area (Å²) in [6, 6.07) is 12.2. The Labute approximate surface area is 163 Å². The number of carbonyl (C=O) groups is 2. The Bertz CT molecular complexity index is 1320. The first-order valence-corrected chi connectivity index (χ1v) is 8.47. The molecule has 5 N–H and O–H groups in total. The van der Waals surface area contributed by atoms with Crippen LogP contribution in [-0.4, -0.2) is 22.2 Å². The number of nitrogens with two attached hydrogens (primary N) is 1. The van der Waals surface area contributed by atoms with Gasteiger partial charge in [0.05, 0.1) is 5.56 Å². The number of amides is 2. The van der Waals surface area contributed by atoms with Crippen LogP contribution >= 0.6 is 0 Å². The second-order valence-electron chi connectivity index (χ2n) is 6.37. The summed E-state index contributed by atoms with van der Waals surface area (Å²) in [5, 5.41) is 22.5. The first-order valence-electron chi connectivity index (χ1n) is 8.47. The highest BCUT2D eigenvalue weighted by Crippen LogP contribution is 2.42. The van der Waals surface area contributed by atoms with Crippen LogP contribution in [0.3, 0.4) is 0 Å². The number of benzene rings is 3. The molecule has 0 radical (unpaired) electrons. The number of urea groups is 1. The smallest absolute Gasteiger partial charge is 0.336 e. The van der Waals surface area contributed by atoms with E-state index < -0.39 is 12.0 Å². The highest BCUT2D eigenvalue weighted by atomic mass is 16.4. The summed E-state index contributed by atoms with van der Waals surface area (Å²) < 4.78 is 5.77. The number of carboxylic acids is 1. The zero-order chi connectivity index (χ0) is 20.7. The standard InChI is InChI=1S/C21H14N2O6/c22-21(28)23-10-1-4-13(16(7-10)20(26)27)19-14-5-2-11(24)8-17(14)29-18-9-12(25)3-6-15(18)19/h1-9,24H,(H,26,27)(H3,22,23,28). The minimum Gasteiger partial charge on any atom is -0.508 e. The number of aromatic carboxylic acids is 1. The molecule has 144 valence electrons. The molecule has 0 unspecified atom stereocenters. The third kappa shape index (κ3) is 3.23. The van der Waals surface area contributed by atoms with Gasteiger partial charge in [-0.25, -0.2) is 9.59 Å². The van der Waals surface area contributed by atoms with Crippen molar-refractivity contribution in [3.63, 3.8) is 0 Å². The molecule has 29 heavy (non-hydrogen) atoms. The molecular formula is C21H14N2O6. The Morgan fingerprint density at radius 2 is 1.72 bits per heavy atom. The van der Waals surface area contributed by atoms with E-state index >= 15 is 0 Å². The predicted molar refractivity (Wildman–Crippen MR) is 106 cm³/mol. The van der Waals surface area contributed by atoms with Gasteiger partial charge in [-0.2, -0.15) is 0 Å². The zero-order valence-electron chi connectivity index (χ0n) is 14.8. The van der Waals surface area contributed by atoms with E-state index in [4.69, 9.17) is 10.2 Å². The number of hydrogen-bond donors (Lipinski definition) is 4. The van der Waals surface area contributed by atoms with Gasteiger partial charge in [0.15, 0.2) is 5.43 Å². The second kappa shape index (κ2) is 6.68. The number of hydrogen-bond acceptors (Lipinski definition) is 5. The Kier molecular flexibility index (Phi) is 4.16. The van der Waals surface area contributed by atoms with E-state index in [2.05, 4.69) is 5.32 Å². The Hall–Kier alpha value is -4.33. The number of phenols is 1. The zero-order valence-corrected chi connectivity index (χ0v) is 14.8. The monoisotopic (exact) mass is 390 g/mol. The fraction of sp³-hybridized carbons (Fsp3) is 0. The van der Waals surface area contributed by atoms with E-state index in [0.717, 1.165) is 0 Å². The van der Waals surface area contributed by atoms with Crippen LogP contribution in [0.25, 0.3) is 33.4 Å². The lowest BCUT2D eigenvalue weighted by Gasteiger charge is -2.17. The second-order valence-corrected chi connectivity index (χ2v) is 6.37. The van der Waals surface area contributed by atoms with E-state index in [9.17, 15) is 24.6 Å². The predicted octanol–water partition coefficient (Wildman–Crippen LogP) is 3.46. The minimum absolute atomic E-state index is 0.0377. The number of primary amides is 1. The molecule has 2 amide bonds. The van der Waals surface area contributed by atoms with E-state index in [1.807, 2.05) is 0 Å². The minimum atomic E-state index is -1.21. The fourth-order valence-corrected chi connectivity index (χ4v) is 3.31. The van der Waals surface area contributed by atoms with Crippen molar-refractivity contribution >= 4 is 28.7 Å². The molecule has 1 aliphatic heterocycles. The maximum absolute atomic E-state index is 12.0. The molecule has 1 aliphatic carbocycles. The van der Waals surface area contributed by atoms with Crippen molar-refractivity contribution in [2.24, 2.45) is 5.73 Å². The number of fused-ring (bicyclic) bond motifs is 2. The molecule has 0 atom stereocenters. The molecular weight excluding hydrogens is 376 g/mol. The topological polar surface area (TPSA) is 143 Å². The van der Waals surface area contributed by atoms with Crippen LogP contribution in [0.15, 0.2) is 63.8 Å². The lowest BCUT2D eigenvalue weighted by molar-refractivity contribution is 0.0697. The SMILES string of the molecule is NC(=O)Nc1ccc(-c2c3ccc(=O)cc-3oc3cc(O)ccc23)c(C(=O)O)c1. The number of rotatable bonds is 3. The average molecular weight is 390 g/mol. The maximum atomic E-state index is 12.0. The molecule has 2 aromatic carbocycles. The van der Waals surface area contributed by atoms with Crippen molar-refractivity contribution in [2.45, 2.75) is 0 Å². The van der Waals surface area contributed by atoms with Crippen LogP contribution in [0.2, 0.25) is 0 Å². The van der Waals surface area contributed by atoms with E-state index in [1.54, 1.807) is 18.2 Å². The van der Waals surface area contributed by atoms with Gasteiger partial charge in [0.25, 0.3) is 0 Å². The number of carbonyl (C=O) groups excluding carboxylic acids is 1. The van der Waals surface area contributed by atoms with Crippen molar-refractivity contribution < 1.29 is 24.2 Å². The quantitative estimate of drug-likeness (QED) is 0.395. The number of aromatic hydroxyl groups is 1. The van der Waals surface area contributed by atoms with Crippen LogP contribution in [0.5, 0.6) is 5.75 Å². The highest BCUT2D eigenvalue weighted by Gasteiger charge is 2.22. The van der Waals surface area contributed by atoms with Gasteiger partial charge in [0.1, 0.15) is 17.1 Å². The molecule has 0 fully saturated rings. The number of nitrogens with one attached hydrogen (secondary N) is 1. The van der Waals surface area contributed by atoms with Gasteiger partial charge in [0.2, 0.25) is 0 Å². The lowest BCUT2D eigenvalue weighted by Crippen LogP contribution is -2.19. The third-order valence-corrected chi connectivity index (χ3v) is 4.46. The van der Waals surface area contributed by atoms with Crippen molar-refractivity contribution in [3.8, 4) is 28.2 Å². The number of carboxylic acid groups (broad SMARTS) is 1. The van der Waals surface area contributed by atoms with Crippen molar-refractivity contribution in [1.82, 2.24) is 0 Å². The van der Waals surface area contributed by atoms with Gasteiger partial charge in [-0.1, -0.05) is 6.07 Å². The Morgan fingerprint density at radius 3 is 2.45 bits per heavy atom. The number of anilines is 1. The summed E-state index contributed by atoms with van der Waals surface area (Å²) in [5.41, 5.74) is 6.67. The van der Waals surface area contributed by atoms with Gasteiger partial charge in [-0.05, 0) is 42.0 Å². The van der Waals surface area contributed by atoms with Gasteiger partial charge >= 0.3 is 12.0 Å². The molecule has 2 aromatic rings. The Balaban J connectivity index is 2.11. The largest absolute Gasteiger partial charge is 0.508 e. The van der Waals surface area contributed by atoms with Crippen LogP contribution in [0, 0.1) is 0 Å². The van der Waals surface area contributed by atoms with E-state index in [-0.39, 0.29) is 33.8 Å². The summed E-state index contributed by atoms with van der Waals surface area (Å²) in [6.45, 7) is 0. The van der Waals surface area contributed by atoms with Crippen LogP contribution in [0.4, 0.5) is 10.5 Å². The van der Waals surface area contributed by atoms with Crippen molar-refractivity contribution in [2.75, 3.05) is 5.32 Å². The van der Waals surface area contributed by atoms with Crippen LogP contribution < -0.4 is 16.5 Å². The molecule has 8 heteroatoms. The molecule has 0 bridgehead atoms. The summed E-state index contributed by atoms with van der Waals surface area (Å²) >= 11 is 0. The molecule has 0 saturated carbocycles. The van der Waals surface area contributed by atoms with Gasteiger partial charge in [-0.15, -0.1) is 0 Å². The van der Waals surface area contributed by atoms with Crippen LogP contribution in [-0.2, 0) is 0 Å². The summed E-state index contributed by atoms with van der Waals surface area (Å²) in [5.74, 6) is -1.000. The maximum Gasteiger partial charge on any atom is 0.336 e. The third-order valence-electron chi connectivity index (χ3n) is 4.46. The summed E-state index contributed by atoms with van der Waals surface area (Å²) in [7, 11) is 0. The lowest BCUT2D eigenvalue weighted by atomic mass is 9.90. The molecule has 0 aromatic heterocycles. The van der Waals surface area contributed by atoms with Gasteiger partial charge in [-0.3, -0.25) is 4.79 Å². The number of phenolic OH excluding ortho intramolecular Hbond substituents is 1. The molecule has 0 spiro atoms. The summed E-state index contributed by atoms with van der Waals surface area (Å²) in [4.78, 5) is 34.9. The van der Waals surface area contributed by atoms with Crippen molar-refractivity contribution in [3.05, 3.63) is 70.4 Å². The fourth-order valence-electron chi connectivity index (χ4n) is 3.31. The van der Waals surface area contributed by atoms with Crippen LogP contribution in [0.1, 0.15) is 10.4 Å². The summed E-state index contributed by atoms with van der Waals surface area (Å²) in [6.07, 6.45) is 0. The van der Waals surface area contributed by atoms with Crippen molar-refractivity contribution in [1.29, 1.82) is 0 Å². The molecule has 0 saturated heterocycles. The van der Waals surface area contributed by atoms with Gasteiger partial charge < -0.3 is 25.7 Å². The molecule has 8 nitrogen and oxygen atoms in total. The first kappa shape index (κ1) is 18.1. The average Bonchev–Trinajstić information content (AvgIpc) is 2.65.